The van der Waals surface area contributed by atoms with Gasteiger partial charge in [-0.1, -0.05) is 0 Å². The van der Waals surface area contributed by atoms with E-state index in [1.165, 1.54) is 17.5 Å². The van der Waals surface area contributed by atoms with Crippen molar-refractivity contribution in [1.82, 2.24) is 10.3 Å². The lowest BCUT2D eigenvalue weighted by Gasteiger charge is -2.26. The van der Waals surface area contributed by atoms with E-state index in [4.69, 9.17) is 5.26 Å². The van der Waals surface area contributed by atoms with Gasteiger partial charge in [-0.05, 0) is 43.4 Å². The van der Waals surface area contributed by atoms with Crippen LogP contribution in [-0.2, 0) is 6.42 Å². The Kier molecular flexibility index (Phi) is 2.98. The van der Waals surface area contributed by atoms with E-state index in [0.29, 0.717) is 6.04 Å². The van der Waals surface area contributed by atoms with E-state index in [2.05, 4.69) is 22.4 Å². The maximum atomic E-state index is 8.79. The molecule has 1 aliphatic carbocycles. The van der Waals surface area contributed by atoms with E-state index < -0.39 is 0 Å². The number of hydrogen-bond donors (Lipinski definition) is 1. The molecule has 0 aliphatic heterocycles. The normalized spacial score (nSPS) is 21.5. The lowest BCUT2D eigenvalue weighted by atomic mass is 9.89. The van der Waals surface area contributed by atoms with E-state index in [1.54, 1.807) is 0 Å². The Labute approximate surface area is 90.1 Å². The van der Waals surface area contributed by atoms with Crippen molar-refractivity contribution in [3.05, 3.63) is 29.6 Å². The molecule has 0 saturated carbocycles. The number of nitriles is 1. The van der Waals surface area contributed by atoms with Crippen molar-refractivity contribution in [2.45, 2.75) is 38.3 Å². The molecule has 0 saturated heterocycles. The lowest BCUT2D eigenvalue weighted by molar-refractivity contribution is 0.442. The van der Waals surface area contributed by atoms with Gasteiger partial charge < -0.3 is 0 Å². The van der Waals surface area contributed by atoms with Crippen LogP contribution >= 0.6 is 0 Å². The van der Waals surface area contributed by atoms with Gasteiger partial charge in [-0.2, -0.15) is 5.26 Å². The number of aromatic nitrogens is 1. The van der Waals surface area contributed by atoms with Gasteiger partial charge in [-0.15, -0.1) is 0 Å². The molecule has 0 amide bonds. The van der Waals surface area contributed by atoms with Crippen molar-refractivity contribution in [2.24, 2.45) is 0 Å². The van der Waals surface area contributed by atoms with Crippen LogP contribution in [0.2, 0.25) is 0 Å². The first-order chi connectivity index (χ1) is 7.31. The van der Waals surface area contributed by atoms with E-state index in [-0.39, 0.29) is 6.04 Å². The minimum atomic E-state index is -0.0962. The summed E-state index contributed by atoms with van der Waals surface area (Å²) < 4.78 is 0. The minimum Gasteiger partial charge on any atom is -0.295 e. The second-order valence-corrected chi connectivity index (χ2v) is 4.04. The summed E-state index contributed by atoms with van der Waals surface area (Å²) in [6.45, 7) is 1.89. The second-order valence-electron chi connectivity index (χ2n) is 4.04. The van der Waals surface area contributed by atoms with E-state index in [1.807, 2.05) is 19.3 Å². The zero-order valence-electron chi connectivity index (χ0n) is 8.90. The molecule has 3 heteroatoms. The fourth-order valence-electron chi connectivity index (χ4n) is 2.14. The predicted octanol–water partition coefficient (Wildman–Crippen LogP) is 1.96. The molecule has 0 spiro atoms. The molecular formula is C12H15N3. The van der Waals surface area contributed by atoms with Crippen LogP contribution in [0.3, 0.4) is 0 Å². The number of rotatable bonds is 2. The van der Waals surface area contributed by atoms with Crippen LogP contribution in [0.1, 0.15) is 36.9 Å². The minimum absolute atomic E-state index is 0.0962. The van der Waals surface area contributed by atoms with Crippen molar-refractivity contribution < 1.29 is 0 Å². The van der Waals surface area contributed by atoms with Crippen LogP contribution in [0.5, 0.6) is 0 Å². The summed E-state index contributed by atoms with van der Waals surface area (Å²) in [5.41, 5.74) is 2.64. The molecular weight excluding hydrogens is 186 g/mol. The zero-order chi connectivity index (χ0) is 10.7. The number of nitrogens with zero attached hydrogens (tertiary/aromatic N) is 2. The number of nitrogens with one attached hydrogen (secondary N) is 1. The molecule has 15 heavy (non-hydrogen) atoms. The highest BCUT2D eigenvalue weighted by Crippen LogP contribution is 2.28. The third-order valence-corrected chi connectivity index (χ3v) is 2.91. The van der Waals surface area contributed by atoms with Crippen LogP contribution in [0.15, 0.2) is 18.5 Å². The summed E-state index contributed by atoms with van der Waals surface area (Å²) in [6.07, 6.45) is 7.19. The first-order valence-electron chi connectivity index (χ1n) is 5.39. The monoisotopic (exact) mass is 201 g/mol. The summed E-state index contributed by atoms with van der Waals surface area (Å²) in [4.78, 5) is 4.16. The number of fused-ring (bicyclic) bond motifs is 1. The molecule has 1 aliphatic rings. The molecule has 3 nitrogen and oxygen atoms in total. The van der Waals surface area contributed by atoms with Crippen LogP contribution in [0.25, 0.3) is 0 Å². The largest absolute Gasteiger partial charge is 0.295 e. The SMILES string of the molecule is CC(C#N)NC1CCCc2ccncc21. The smallest absolute Gasteiger partial charge is 0.0929 e. The van der Waals surface area contributed by atoms with Crippen LogP contribution < -0.4 is 5.32 Å². The third-order valence-electron chi connectivity index (χ3n) is 2.91. The topological polar surface area (TPSA) is 48.7 Å². The molecule has 2 rings (SSSR count). The van der Waals surface area contributed by atoms with E-state index in [0.717, 1.165) is 12.8 Å². The Balaban J connectivity index is 2.19. The maximum Gasteiger partial charge on any atom is 0.0929 e. The average molecular weight is 201 g/mol. The van der Waals surface area contributed by atoms with Gasteiger partial charge in [0.25, 0.3) is 0 Å². The highest BCUT2D eigenvalue weighted by molar-refractivity contribution is 5.29. The van der Waals surface area contributed by atoms with Gasteiger partial charge >= 0.3 is 0 Å². The van der Waals surface area contributed by atoms with Crippen LogP contribution in [-0.4, -0.2) is 11.0 Å². The summed E-state index contributed by atoms with van der Waals surface area (Å²) >= 11 is 0. The van der Waals surface area contributed by atoms with Gasteiger partial charge in [0.05, 0.1) is 12.1 Å². The molecule has 78 valence electrons. The zero-order valence-corrected chi connectivity index (χ0v) is 8.90. The van der Waals surface area contributed by atoms with Crippen molar-refractivity contribution in [3.63, 3.8) is 0 Å². The summed E-state index contributed by atoms with van der Waals surface area (Å²) in [7, 11) is 0. The van der Waals surface area contributed by atoms with Crippen LogP contribution in [0.4, 0.5) is 0 Å². The highest BCUT2D eigenvalue weighted by Gasteiger charge is 2.20. The van der Waals surface area contributed by atoms with Gasteiger partial charge in [-0.3, -0.25) is 10.3 Å². The second kappa shape index (κ2) is 4.41. The Hall–Kier alpha value is -1.40. The Bertz CT molecular complexity index is 381. The standard InChI is InChI=1S/C12H15N3/c1-9(7-13)15-12-4-2-3-10-5-6-14-8-11(10)12/h5-6,8-9,12,15H,2-4H2,1H3. The molecule has 0 bridgehead atoms. The Morgan fingerprint density at radius 3 is 3.33 bits per heavy atom. The number of pyridine rings is 1. The number of aryl methyl sites for hydroxylation is 1. The van der Waals surface area contributed by atoms with Crippen molar-refractivity contribution in [2.75, 3.05) is 0 Å². The van der Waals surface area contributed by atoms with Gasteiger partial charge in [0.1, 0.15) is 0 Å². The maximum absolute atomic E-state index is 8.79. The first-order valence-corrected chi connectivity index (χ1v) is 5.39. The fraction of sp³-hybridized carbons (Fsp3) is 0.500. The van der Waals surface area contributed by atoms with Gasteiger partial charge in [0.2, 0.25) is 0 Å². The first kappa shape index (κ1) is 10.1. The molecule has 2 unspecified atom stereocenters. The van der Waals surface area contributed by atoms with E-state index in [9.17, 15) is 0 Å². The van der Waals surface area contributed by atoms with Crippen molar-refractivity contribution >= 4 is 0 Å². The van der Waals surface area contributed by atoms with Crippen molar-refractivity contribution in [1.29, 1.82) is 5.26 Å². The third kappa shape index (κ3) is 2.16. The number of hydrogen-bond acceptors (Lipinski definition) is 3. The lowest BCUT2D eigenvalue weighted by Crippen LogP contribution is -2.31. The summed E-state index contributed by atoms with van der Waals surface area (Å²) in [5.74, 6) is 0. The molecule has 2 atom stereocenters. The average Bonchev–Trinajstić information content (AvgIpc) is 2.29. The molecule has 1 aromatic heterocycles. The Morgan fingerprint density at radius 2 is 2.53 bits per heavy atom. The highest BCUT2D eigenvalue weighted by atomic mass is 14.9. The molecule has 0 radical (unpaired) electrons. The van der Waals surface area contributed by atoms with Crippen LogP contribution in [0, 0.1) is 11.3 Å². The van der Waals surface area contributed by atoms with Gasteiger partial charge in [0, 0.05) is 18.4 Å². The quantitative estimate of drug-likeness (QED) is 0.795. The van der Waals surface area contributed by atoms with Gasteiger partial charge in [0.15, 0.2) is 0 Å². The Morgan fingerprint density at radius 1 is 1.67 bits per heavy atom. The van der Waals surface area contributed by atoms with Gasteiger partial charge in [-0.25, -0.2) is 0 Å². The fourth-order valence-corrected chi connectivity index (χ4v) is 2.14. The molecule has 0 aromatic carbocycles. The molecule has 1 aromatic rings. The van der Waals surface area contributed by atoms with Crippen molar-refractivity contribution in [3.8, 4) is 6.07 Å². The van der Waals surface area contributed by atoms with E-state index >= 15 is 0 Å². The molecule has 0 fully saturated rings. The predicted molar refractivity (Wildman–Crippen MR) is 58.1 cm³/mol. The molecule has 1 N–H and O–H groups in total. The molecule has 1 heterocycles. The summed E-state index contributed by atoms with van der Waals surface area (Å²) in [5, 5.41) is 12.1. The summed E-state index contributed by atoms with van der Waals surface area (Å²) in [6, 6.07) is 4.50.